The van der Waals surface area contributed by atoms with Crippen molar-refractivity contribution in [2.24, 2.45) is 10.9 Å². The number of hydrogen-bond acceptors (Lipinski definition) is 6. The van der Waals surface area contributed by atoms with E-state index >= 15 is 0 Å². The van der Waals surface area contributed by atoms with Gasteiger partial charge in [-0.25, -0.2) is 0 Å². The van der Waals surface area contributed by atoms with Crippen molar-refractivity contribution >= 4 is 46.4 Å². The van der Waals surface area contributed by atoms with Gasteiger partial charge in [0.2, 0.25) is 0 Å². The summed E-state index contributed by atoms with van der Waals surface area (Å²) in [7, 11) is 2.82. The molecule has 0 amide bonds. The molecule has 0 saturated carbocycles. The number of aliphatic imine (C=N–C) groups is 1. The van der Waals surface area contributed by atoms with Gasteiger partial charge in [0.05, 0.1) is 24.9 Å². The van der Waals surface area contributed by atoms with Crippen LogP contribution in [0.2, 0.25) is 10.0 Å². The molecule has 0 bridgehead atoms. The Morgan fingerprint density at radius 2 is 1.68 bits per heavy atom. The van der Waals surface area contributed by atoms with Gasteiger partial charge in [-0.2, -0.15) is 0 Å². The normalized spacial score (nSPS) is 18.2. The number of halogens is 2. The molecule has 2 atom stereocenters. The lowest BCUT2D eigenvalue weighted by Crippen LogP contribution is -2.34. The summed E-state index contributed by atoms with van der Waals surface area (Å²) < 4.78 is 16.8. The fourth-order valence-corrected chi connectivity index (χ4v) is 5.43. The SMILES string of the molecule is COC(=O)C1C(C)=NC2=C(C(=O)c3ccccc32)C1c1cc(Cl)c(OCc2ccccc2Cl)c(OC)c1. The third-order valence-electron chi connectivity index (χ3n) is 6.70. The molecular formula is C29H23Cl2NO5. The van der Waals surface area contributed by atoms with E-state index < -0.39 is 17.8 Å². The third-order valence-corrected chi connectivity index (χ3v) is 7.35. The van der Waals surface area contributed by atoms with Crippen molar-refractivity contribution < 1.29 is 23.8 Å². The zero-order chi connectivity index (χ0) is 26.3. The number of hydrogen-bond donors (Lipinski definition) is 0. The largest absolute Gasteiger partial charge is 0.493 e. The predicted molar refractivity (Wildman–Crippen MR) is 143 cm³/mol. The number of esters is 1. The van der Waals surface area contributed by atoms with E-state index in [9.17, 15) is 9.59 Å². The van der Waals surface area contributed by atoms with Gasteiger partial charge in [0.25, 0.3) is 0 Å². The van der Waals surface area contributed by atoms with E-state index in [1.165, 1.54) is 14.2 Å². The van der Waals surface area contributed by atoms with Crippen molar-refractivity contribution in [1.82, 2.24) is 0 Å². The standard InChI is InChI=1S/C29H23Cl2NO5/c1-15-23(29(34)36-3)24(25-26(32-15)18-9-5-6-10-19(18)27(25)33)17-12-21(31)28(22(13-17)35-2)37-14-16-8-4-7-11-20(16)30/h4-13,23-24H,14H2,1-3H3. The molecule has 3 aromatic rings. The average Bonchev–Trinajstić information content (AvgIpc) is 3.18. The Kier molecular flexibility index (Phi) is 6.80. The monoisotopic (exact) mass is 535 g/mol. The lowest BCUT2D eigenvalue weighted by atomic mass is 9.75. The Balaban J connectivity index is 1.61. The van der Waals surface area contributed by atoms with Gasteiger partial charge in [0, 0.05) is 38.9 Å². The van der Waals surface area contributed by atoms with Crippen molar-refractivity contribution in [2.45, 2.75) is 19.4 Å². The van der Waals surface area contributed by atoms with Gasteiger partial charge in [-0.15, -0.1) is 0 Å². The number of ether oxygens (including phenoxy) is 3. The molecule has 2 aliphatic rings. The van der Waals surface area contributed by atoms with Crippen LogP contribution in [0, 0.1) is 5.92 Å². The van der Waals surface area contributed by atoms with Crippen LogP contribution >= 0.6 is 23.2 Å². The van der Waals surface area contributed by atoms with Gasteiger partial charge in [0.15, 0.2) is 17.3 Å². The number of benzene rings is 3. The van der Waals surface area contributed by atoms with Crippen molar-refractivity contribution in [2.75, 3.05) is 14.2 Å². The summed E-state index contributed by atoms with van der Waals surface area (Å²) in [4.78, 5) is 31.3. The molecular weight excluding hydrogens is 513 g/mol. The number of carbonyl (C=O) groups excluding carboxylic acids is 2. The highest BCUT2D eigenvalue weighted by molar-refractivity contribution is 6.32. The third kappa shape index (κ3) is 4.30. The van der Waals surface area contributed by atoms with Gasteiger partial charge >= 0.3 is 5.97 Å². The van der Waals surface area contributed by atoms with Crippen LogP contribution in [0.1, 0.15) is 39.9 Å². The highest BCUT2D eigenvalue weighted by atomic mass is 35.5. The van der Waals surface area contributed by atoms with Gasteiger partial charge in [-0.3, -0.25) is 14.6 Å². The Hall–Kier alpha value is -3.61. The van der Waals surface area contributed by atoms with E-state index in [1.54, 1.807) is 31.2 Å². The van der Waals surface area contributed by atoms with Crippen molar-refractivity contribution in [3.63, 3.8) is 0 Å². The number of carbonyl (C=O) groups is 2. The van der Waals surface area contributed by atoms with E-state index in [1.807, 2.05) is 36.4 Å². The molecule has 1 aliphatic heterocycles. The summed E-state index contributed by atoms with van der Waals surface area (Å²) in [6, 6.07) is 18.1. The molecule has 1 heterocycles. The topological polar surface area (TPSA) is 74.2 Å². The molecule has 8 heteroatoms. The van der Waals surface area contributed by atoms with Crippen LogP contribution in [0.15, 0.2) is 71.2 Å². The molecule has 0 saturated heterocycles. The summed E-state index contributed by atoms with van der Waals surface area (Å²) in [5.74, 6) is -1.45. The number of rotatable bonds is 6. The zero-order valence-electron chi connectivity index (χ0n) is 20.4. The van der Waals surface area contributed by atoms with Gasteiger partial charge in [0.1, 0.15) is 12.5 Å². The smallest absolute Gasteiger partial charge is 0.315 e. The summed E-state index contributed by atoms with van der Waals surface area (Å²) in [5, 5.41) is 0.848. The number of ketones is 1. The van der Waals surface area contributed by atoms with Crippen LogP contribution < -0.4 is 9.47 Å². The minimum absolute atomic E-state index is 0.171. The second-order valence-electron chi connectivity index (χ2n) is 8.78. The highest BCUT2D eigenvalue weighted by Gasteiger charge is 2.46. The highest BCUT2D eigenvalue weighted by Crippen LogP contribution is 2.50. The number of Topliss-reactive ketones (excluding diaryl/α,β-unsaturated/α-hetero) is 1. The van der Waals surface area contributed by atoms with Crippen LogP contribution in [0.3, 0.4) is 0 Å². The Morgan fingerprint density at radius 3 is 2.38 bits per heavy atom. The summed E-state index contributed by atoms with van der Waals surface area (Å²) >= 11 is 13.0. The minimum Gasteiger partial charge on any atom is -0.493 e. The Morgan fingerprint density at radius 1 is 0.973 bits per heavy atom. The first-order chi connectivity index (χ1) is 17.8. The fraction of sp³-hybridized carbons (Fsp3) is 0.207. The maximum Gasteiger partial charge on any atom is 0.315 e. The quantitative estimate of drug-likeness (QED) is 0.335. The lowest BCUT2D eigenvalue weighted by molar-refractivity contribution is -0.143. The molecule has 37 heavy (non-hydrogen) atoms. The van der Waals surface area contributed by atoms with E-state index in [0.29, 0.717) is 44.6 Å². The molecule has 2 unspecified atom stereocenters. The average molecular weight is 536 g/mol. The van der Waals surface area contributed by atoms with Gasteiger partial charge < -0.3 is 14.2 Å². The van der Waals surface area contributed by atoms with Crippen molar-refractivity contribution in [3.05, 3.63) is 98.5 Å². The summed E-state index contributed by atoms with van der Waals surface area (Å²) in [6.45, 7) is 1.95. The number of methoxy groups -OCH3 is 2. The maximum atomic E-state index is 13.6. The van der Waals surface area contributed by atoms with Crippen LogP contribution in [0.25, 0.3) is 5.70 Å². The first-order valence-electron chi connectivity index (χ1n) is 11.6. The molecule has 0 spiro atoms. The fourth-order valence-electron chi connectivity index (χ4n) is 4.97. The molecule has 0 radical (unpaired) electrons. The molecule has 3 aromatic carbocycles. The van der Waals surface area contributed by atoms with Crippen LogP contribution in [-0.2, 0) is 16.1 Å². The summed E-state index contributed by atoms with van der Waals surface area (Å²) in [5.41, 5.74) is 4.26. The van der Waals surface area contributed by atoms with Gasteiger partial charge in [-0.05, 0) is 30.7 Å². The number of fused-ring (bicyclic) bond motifs is 2. The van der Waals surface area contributed by atoms with Gasteiger partial charge in [-0.1, -0.05) is 65.7 Å². The van der Waals surface area contributed by atoms with Crippen molar-refractivity contribution in [1.29, 1.82) is 0 Å². The molecule has 0 aromatic heterocycles. The van der Waals surface area contributed by atoms with Crippen LogP contribution in [-0.4, -0.2) is 31.7 Å². The van der Waals surface area contributed by atoms with Crippen LogP contribution in [0.5, 0.6) is 11.5 Å². The van der Waals surface area contributed by atoms with Crippen LogP contribution in [0.4, 0.5) is 0 Å². The number of nitrogens with zero attached hydrogens (tertiary/aromatic N) is 1. The Bertz CT molecular complexity index is 1490. The first kappa shape index (κ1) is 25.1. The second-order valence-corrected chi connectivity index (χ2v) is 9.60. The van der Waals surface area contributed by atoms with Crippen molar-refractivity contribution in [3.8, 4) is 11.5 Å². The molecule has 1 aliphatic carbocycles. The van der Waals surface area contributed by atoms with E-state index in [0.717, 1.165) is 11.1 Å². The molecule has 5 rings (SSSR count). The first-order valence-corrected chi connectivity index (χ1v) is 12.4. The van der Waals surface area contributed by atoms with E-state index in [2.05, 4.69) is 4.99 Å². The minimum atomic E-state index is -0.808. The molecule has 0 fully saturated rings. The maximum absolute atomic E-state index is 13.6. The van der Waals surface area contributed by atoms with E-state index in [-0.39, 0.29) is 17.4 Å². The van der Waals surface area contributed by atoms with E-state index in [4.69, 9.17) is 37.4 Å². The molecule has 188 valence electrons. The molecule has 6 nitrogen and oxygen atoms in total. The summed E-state index contributed by atoms with van der Waals surface area (Å²) in [6.07, 6.45) is 0. The zero-order valence-corrected chi connectivity index (χ0v) is 21.9. The Labute approximate surface area is 224 Å². The molecule has 0 N–H and O–H groups in total. The lowest BCUT2D eigenvalue weighted by Gasteiger charge is -2.30. The predicted octanol–water partition coefficient (Wildman–Crippen LogP) is 6.54. The number of allylic oxidation sites excluding steroid dienone is 1. The second kappa shape index (κ2) is 10.0.